The van der Waals surface area contributed by atoms with Crippen molar-refractivity contribution in [3.05, 3.63) is 56.6 Å². The van der Waals surface area contributed by atoms with Gasteiger partial charge in [-0.3, -0.25) is 15.0 Å². The minimum atomic E-state index is -1.63. The molecule has 0 bridgehead atoms. The van der Waals surface area contributed by atoms with E-state index in [2.05, 4.69) is 25.7 Å². The Bertz CT molecular complexity index is 338. The molecule has 18 heavy (non-hydrogen) atoms. The fourth-order valence-electron chi connectivity index (χ4n) is 0.687. The Kier molecular flexibility index (Phi) is 8.35. The Balaban J connectivity index is 0.000000397. The second-order valence-corrected chi connectivity index (χ2v) is 3.34. The lowest BCUT2D eigenvalue weighted by atomic mass is 10.4. The second-order valence-electron chi connectivity index (χ2n) is 2.52. The topological polar surface area (TPSA) is 108 Å². The van der Waals surface area contributed by atoms with E-state index in [0.717, 1.165) is 7.11 Å². The van der Waals surface area contributed by atoms with Crippen molar-refractivity contribution >= 4 is 15.9 Å². The molecule has 1 aromatic rings. The minimum absolute atomic E-state index is 0.0833. The SMILES string of the molecule is CON(O[N+](=O)[O-])C(Br)[N+](=O)[O-].c1ccccc1. The van der Waals surface area contributed by atoms with Crippen LogP contribution in [0.25, 0.3) is 0 Å². The molecule has 0 aliphatic heterocycles. The summed E-state index contributed by atoms with van der Waals surface area (Å²) in [7, 11) is 0.987. The van der Waals surface area contributed by atoms with Crippen LogP contribution in [0.5, 0.6) is 0 Å². The Morgan fingerprint density at radius 1 is 1.11 bits per heavy atom. The van der Waals surface area contributed by atoms with Gasteiger partial charge in [0.1, 0.15) is 0 Å². The molecule has 100 valence electrons. The zero-order chi connectivity index (χ0) is 14.0. The third-order valence-corrected chi connectivity index (χ3v) is 2.01. The molecule has 0 aromatic heterocycles. The molecule has 0 saturated carbocycles. The van der Waals surface area contributed by atoms with Gasteiger partial charge in [-0.1, -0.05) is 36.4 Å². The molecule has 0 N–H and O–H groups in total. The Morgan fingerprint density at radius 3 is 1.72 bits per heavy atom. The minimum Gasteiger partial charge on any atom is -0.272 e. The van der Waals surface area contributed by atoms with Gasteiger partial charge in [-0.25, -0.2) is 0 Å². The summed E-state index contributed by atoms with van der Waals surface area (Å²) in [6.07, 6.45) is 0. The van der Waals surface area contributed by atoms with Crippen molar-refractivity contribution in [2.75, 3.05) is 7.11 Å². The highest BCUT2D eigenvalue weighted by Crippen LogP contribution is 2.08. The summed E-state index contributed by atoms with van der Waals surface area (Å²) in [4.78, 5) is 26.7. The van der Waals surface area contributed by atoms with Gasteiger partial charge in [0.25, 0.3) is 0 Å². The van der Waals surface area contributed by atoms with Crippen LogP contribution in [0, 0.1) is 20.2 Å². The zero-order valence-corrected chi connectivity index (χ0v) is 10.8. The lowest BCUT2D eigenvalue weighted by molar-refractivity contribution is -0.851. The molecule has 0 fully saturated rings. The first kappa shape index (κ1) is 16.2. The molecular weight excluding hydrogens is 314 g/mol. The molecule has 0 saturated heterocycles. The normalized spacial score (nSPS) is 11.1. The number of hydrogen-bond acceptors (Lipinski definition) is 7. The van der Waals surface area contributed by atoms with E-state index >= 15 is 0 Å². The molecule has 0 aliphatic rings. The highest BCUT2D eigenvalue weighted by Gasteiger charge is 2.29. The maximum Gasteiger partial charge on any atom is 0.366 e. The van der Waals surface area contributed by atoms with E-state index in [9.17, 15) is 20.2 Å². The van der Waals surface area contributed by atoms with E-state index in [1.54, 1.807) is 0 Å². The predicted octanol–water partition coefficient (Wildman–Crippen LogP) is 1.61. The number of nitrogens with zero attached hydrogens (tertiary/aromatic N) is 3. The van der Waals surface area contributed by atoms with Crippen molar-refractivity contribution in [3.63, 3.8) is 0 Å². The van der Waals surface area contributed by atoms with Gasteiger partial charge in [-0.05, 0) is 0 Å². The molecule has 10 heteroatoms. The molecule has 1 rings (SSSR count). The number of hydroxylamine groups is 2. The molecular formula is C8H10BrN3O6. The van der Waals surface area contributed by atoms with Crippen molar-refractivity contribution < 1.29 is 19.8 Å². The fourth-order valence-corrected chi connectivity index (χ4v) is 0.929. The molecule has 0 amide bonds. The van der Waals surface area contributed by atoms with E-state index in [0.29, 0.717) is 0 Å². The van der Waals surface area contributed by atoms with Crippen LogP contribution >= 0.6 is 15.9 Å². The van der Waals surface area contributed by atoms with Gasteiger partial charge in [-0.2, -0.15) is 4.94 Å². The van der Waals surface area contributed by atoms with Crippen LogP contribution in [-0.2, 0) is 9.78 Å². The number of hydrogen-bond donors (Lipinski definition) is 0. The highest BCUT2D eigenvalue weighted by atomic mass is 79.9. The number of alkyl halides is 1. The summed E-state index contributed by atoms with van der Waals surface area (Å²) in [5.41, 5.74) is 0. The summed E-state index contributed by atoms with van der Waals surface area (Å²) in [5.74, 6) is 0. The first-order chi connectivity index (χ1) is 8.49. The van der Waals surface area contributed by atoms with Crippen LogP contribution in [0.15, 0.2) is 36.4 Å². The van der Waals surface area contributed by atoms with E-state index in [4.69, 9.17) is 0 Å². The van der Waals surface area contributed by atoms with Gasteiger partial charge in [-0.15, -0.1) is 10.1 Å². The maximum absolute atomic E-state index is 10.0. The van der Waals surface area contributed by atoms with Gasteiger partial charge in [0.15, 0.2) is 0 Å². The van der Waals surface area contributed by atoms with E-state index in [1.165, 1.54) is 0 Å². The van der Waals surface area contributed by atoms with Crippen molar-refractivity contribution in [2.24, 2.45) is 0 Å². The average Bonchev–Trinajstić information content (AvgIpc) is 2.37. The molecule has 0 heterocycles. The molecule has 9 nitrogen and oxygen atoms in total. The largest absolute Gasteiger partial charge is 0.366 e. The standard InChI is InChI=1S/C6H6.C2H4BrN3O6/c1-2-4-6-5-3-1;1-11-5(12-6(9)10)2(3)4(7)8/h1-6H;2H,1H3. The number of halogens is 1. The Hall–Kier alpha value is -1.78. The summed E-state index contributed by atoms with van der Waals surface area (Å²) >= 11 is 2.47. The van der Waals surface area contributed by atoms with Crippen LogP contribution in [0.4, 0.5) is 0 Å². The van der Waals surface area contributed by atoms with Crippen LogP contribution in [0.2, 0.25) is 0 Å². The highest BCUT2D eigenvalue weighted by molar-refractivity contribution is 9.09. The third-order valence-electron chi connectivity index (χ3n) is 1.34. The molecule has 0 aliphatic carbocycles. The van der Waals surface area contributed by atoms with Gasteiger partial charge < -0.3 is 0 Å². The average molecular weight is 324 g/mol. The van der Waals surface area contributed by atoms with Gasteiger partial charge in [0.2, 0.25) is 0 Å². The summed E-state index contributed by atoms with van der Waals surface area (Å²) in [6, 6.07) is 12.0. The predicted molar refractivity (Wildman–Crippen MR) is 63.1 cm³/mol. The second kappa shape index (κ2) is 9.27. The Labute approximate surface area is 110 Å². The molecule has 1 atom stereocenters. The zero-order valence-electron chi connectivity index (χ0n) is 9.21. The van der Waals surface area contributed by atoms with E-state index in [1.807, 2.05) is 36.4 Å². The van der Waals surface area contributed by atoms with Gasteiger partial charge in [0, 0.05) is 15.9 Å². The van der Waals surface area contributed by atoms with Crippen LogP contribution in [-0.4, -0.2) is 27.4 Å². The summed E-state index contributed by atoms with van der Waals surface area (Å²) in [6.45, 7) is 0. The lowest BCUT2D eigenvalue weighted by Gasteiger charge is -2.14. The van der Waals surface area contributed by atoms with Crippen molar-refractivity contribution in [1.82, 2.24) is 5.23 Å². The monoisotopic (exact) mass is 323 g/mol. The maximum atomic E-state index is 10.0. The van der Waals surface area contributed by atoms with Crippen molar-refractivity contribution in [3.8, 4) is 0 Å². The molecule has 0 radical (unpaired) electrons. The van der Waals surface area contributed by atoms with E-state index < -0.39 is 15.1 Å². The quantitative estimate of drug-likeness (QED) is 0.266. The van der Waals surface area contributed by atoms with Crippen LogP contribution in [0.3, 0.4) is 0 Å². The summed E-state index contributed by atoms with van der Waals surface area (Å²) in [5, 5.41) is 16.9. The third kappa shape index (κ3) is 7.49. The number of benzene rings is 1. The van der Waals surface area contributed by atoms with Crippen LogP contribution in [0.1, 0.15) is 0 Å². The number of nitro groups is 1. The number of rotatable bonds is 5. The fraction of sp³-hybridized carbons (Fsp3) is 0.250. The molecule has 1 unspecified atom stereocenters. The molecule has 0 spiro atoms. The lowest BCUT2D eigenvalue weighted by Crippen LogP contribution is -2.37. The first-order valence-electron chi connectivity index (χ1n) is 4.42. The van der Waals surface area contributed by atoms with E-state index in [-0.39, 0.29) is 5.23 Å². The smallest absolute Gasteiger partial charge is 0.272 e. The van der Waals surface area contributed by atoms with Gasteiger partial charge in [0.05, 0.1) is 17.3 Å². The van der Waals surface area contributed by atoms with Gasteiger partial charge >= 0.3 is 10.2 Å². The van der Waals surface area contributed by atoms with Crippen LogP contribution < -0.4 is 0 Å². The summed E-state index contributed by atoms with van der Waals surface area (Å²) < 4.78 is 0. The van der Waals surface area contributed by atoms with Crippen molar-refractivity contribution in [2.45, 2.75) is 5.08 Å². The van der Waals surface area contributed by atoms with Crippen molar-refractivity contribution in [1.29, 1.82) is 0 Å². The molecule has 1 aromatic carbocycles. The first-order valence-corrected chi connectivity index (χ1v) is 5.34. The Morgan fingerprint density at radius 2 is 1.50 bits per heavy atom.